The summed E-state index contributed by atoms with van der Waals surface area (Å²) in [7, 11) is 6.01. The van der Waals surface area contributed by atoms with Gasteiger partial charge in [0, 0.05) is 36.9 Å². The van der Waals surface area contributed by atoms with Crippen LogP contribution in [0.4, 0.5) is 14.5 Å². The van der Waals surface area contributed by atoms with E-state index in [-0.39, 0.29) is 5.75 Å². The standard InChI is InChI=1S/C16H21F2N3O/c1-11-9-15(21(4)8-7-20(2)3)13-10-12(22-16(17)18)5-6-14(13)19-11/h5-6,9-10,16H,7-8H2,1-4H3. The first-order valence-corrected chi connectivity index (χ1v) is 7.09. The highest BCUT2D eigenvalue weighted by Gasteiger charge is 2.12. The molecule has 0 unspecified atom stereocenters. The van der Waals surface area contributed by atoms with Gasteiger partial charge in [-0.1, -0.05) is 0 Å². The Morgan fingerprint density at radius 1 is 1.14 bits per heavy atom. The van der Waals surface area contributed by atoms with Gasteiger partial charge in [0.25, 0.3) is 0 Å². The van der Waals surface area contributed by atoms with Gasteiger partial charge >= 0.3 is 6.61 Å². The molecule has 0 atom stereocenters. The Morgan fingerprint density at radius 2 is 1.86 bits per heavy atom. The minimum Gasteiger partial charge on any atom is -0.435 e. The number of ether oxygens (including phenoxy) is 1. The number of anilines is 1. The molecule has 0 aliphatic heterocycles. The van der Waals surface area contributed by atoms with Crippen LogP contribution in [0.5, 0.6) is 5.75 Å². The highest BCUT2D eigenvalue weighted by Crippen LogP contribution is 2.30. The minimum atomic E-state index is -2.83. The molecule has 0 N–H and O–H groups in total. The average molecular weight is 309 g/mol. The zero-order valence-corrected chi connectivity index (χ0v) is 13.3. The van der Waals surface area contributed by atoms with E-state index in [2.05, 4.69) is 19.5 Å². The van der Waals surface area contributed by atoms with Gasteiger partial charge in [-0.3, -0.25) is 4.98 Å². The molecule has 0 bridgehead atoms. The summed E-state index contributed by atoms with van der Waals surface area (Å²) in [5.74, 6) is 0.149. The quantitative estimate of drug-likeness (QED) is 0.819. The first kappa shape index (κ1) is 16.4. The van der Waals surface area contributed by atoms with E-state index in [9.17, 15) is 8.78 Å². The van der Waals surface area contributed by atoms with Gasteiger partial charge in [-0.05, 0) is 45.3 Å². The van der Waals surface area contributed by atoms with E-state index < -0.39 is 6.61 Å². The van der Waals surface area contributed by atoms with Crippen LogP contribution in [0.1, 0.15) is 5.69 Å². The van der Waals surface area contributed by atoms with Crippen LogP contribution in [0.15, 0.2) is 24.3 Å². The second-order valence-electron chi connectivity index (χ2n) is 5.57. The number of aryl methyl sites for hydroxylation is 1. The molecule has 4 nitrogen and oxygen atoms in total. The van der Waals surface area contributed by atoms with E-state index in [0.717, 1.165) is 35.4 Å². The molecule has 1 aromatic carbocycles. The van der Waals surface area contributed by atoms with Gasteiger partial charge in [-0.15, -0.1) is 0 Å². The molecule has 6 heteroatoms. The normalized spacial score (nSPS) is 11.5. The second kappa shape index (κ2) is 6.87. The largest absolute Gasteiger partial charge is 0.435 e. The maximum absolute atomic E-state index is 12.4. The van der Waals surface area contributed by atoms with Gasteiger partial charge in [-0.25, -0.2) is 0 Å². The number of pyridine rings is 1. The number of hydrogen-bond acceptors (Lipinski definition) is 4. The van der Waals surface area contributed by atoms with E-state index >= 15 is 0 Å². The van der Waals surface area contributed by atoms with Crippen molar-refractivity contribution in [2.75, 3.05) is 39.1 Å². The molecule has 0 saturated heterocycles. The minimum absolute atomic E-state index is 0.149. The number of rotatable bonds is 6. The molecule has 0 saturated carbocycles. The highest BCUT2D eigenvalue weighted by atomic mass is 19.3. The fraction of sp³-hybridized carbons (Fsp3) is 0.438. The van der Waals surface area contributed by atoms with Crippen LogP contribution in [0.3, 0.4) is 0 Å². The third-order valence-corrected chi connectivity index (χ3v) is 3.41. The summed E-state index contributed by atoms with van der Waals surface area (Å²) in [6.07, 6.45) is 0. The van der Waals surface area contributed by atoms with Crippen molar-refractivity contribution in [2.24, 2.45) is 0 Å². The SMILES string of the molecule is Cc1cc(N(C)CCN(C)C)c2cc(OC(F)F)ccc2n1. The Balaban J connectivity index is 2.41. The van der Waals surface area contributed by atoms with Gasteiger partial charge < -0.3 is 14.5 Å². The van der Waals surface area contributed by atoms with Crippen molar-refractivity contribution in [3.8, 4) is 5.75 Å². The lowest BCUT2D eigenvalue weighted by atomic mass is 10.1. The van der Waals surface area contributed by atoms with Gasteiger partial charge in [0.1, 0.15) is 5.75 Å². The number of likely N-dealkylation sites (N-methyl/N-ethyl adjacent to an activating group) is 2. The van der Waals surface area contributed by atoms with Crippen molar-refractivity contribution in [3.05, 3.63) is 30.0 Å². The summed E-state index contributed by atoms with van der Waals surface area (Å²) in [5, 5.41) is 0.810. The third-order valence-electron chi connectivity index (χ3n) is 3.41. The molecule has 120 valence electrons. The summed E-state index contributed by atoms with van der Waals surface area (Å²) >= 11 is 0. The highest BCUT2D eigenvalue weighted by molar-refractivity contribution is 5.93. The van der Waals surface area contributed by atoms with E-state index in [0.29, 0.717) is 0 Å². The maximum atomic E-state index is 12.4. The van der Waals surface area contributed by atoms with Gasteiger partial charge in [-0.2, -0.15) is 8.78 Å². The molecular weight excluding hydrogens is 288 g/mol. The van der Waals surface area contributed by atoms with Crippen molar-refractivity contribution in [3.63, 3.8) is 0 Å². The summed E-state index contributed by atoms with van der Waals surface area (Å²) in [6, 6.07) is 6.81. The topological polar surface area (TPSA) is 28.6 Å². The van der Waals surface area contributed by atoms with Crippen molar-refractivity contribution in [2.45, 2.75) is 13.5 Å². The molecule has 0 amide bonds. The Morgan fingerprint density at radius 3 is 2.50 bits per heavy atom. The number of fused-ring (bicyclic) bond motifs is 1. The molecule has 0 aliphatic rings. The summed E-state index contributed by atoms with van der Waals surface area (Å²) in [5.41, 5.74) is 2.62. The van der Waals surface area contributed by atoms with E-state index in [1.165, 1.54) is 6.07 Å². The molecular formula is C16H21F2N3O. The van der Waals surface area contributed by atoms with Crippen LogP contribution in [-0.4, -0.2) is 50.7 Å². The number of benzene rings is 1. The molecule has 2 aromatic rings. The molecule has 0 radical (unpaired) electrons. The molecule has 0 spiro atoms. The number of halogens is 2. The van der Waals surface area contributed by atoms with Gasteiger partial charge in [0.2, 0.25) is 0 Å². The number of alkyl halides is 2. The predicted molar refractivity (Wildman–Crippen MR) is 84.9 cm³/mol. The van der Waals surface area contributed by atoms with Crippen LogP contribution in [0.25, 0.3) is 10.9 Å². The van der Waals surface area contributed by atoms with E-state index in [4.69, 9.17) is 0 Å². The van der Waals surface area contributed by atoms with Crippen LogP contribution < -0.4 is 9.64 Å². The van der Waals surface area contributed by atoms with Crippen LogP contribution in [0, 0.1) is 6.92 Å². The van der Waals surface area contributed by atoms with Gasteiger partial charge in [0.15, 0.2) is 0 Å². The molecule has 0 fully saturated rings. The zero-order valence-electron chi connectivity index (χ0n) is 13.3. The predicted octanol–water partition coefficient (Wildman–Crippen LogP) is 3.14. The van der Waals surface area contributed by atoms with Crippen molar-refractivity contribution >= 4 is 16.6 Å². The van der Waals surface area contributed by atoms with Crippen LogP contribution in [0.2, 0.25) is 0 Å². The fourth-order valence-electron chi connectivity index (χ4n) is 2.28. The second-order valence-corrected chi connectivity index (χ2v) is 5.57. The lowest BCUT2D eigenvalue weighted by Gasteiger charge is -2.23. The smallest absolute Gasteiger partial charge is 0.387 e. The van der Waals surface area contributed by atoms with Crippen molar-refractivity contribution in [1.29, 1.82) is 0 Å². The Labute approximate surface area is 129 Å². The summed E-state index contributed by atoms with van der Waals surface area (Å²) in [4.78, 5) is 8.65. The molecule has 22 heavy (non-hydrogen) atoms. The molecule has 0 aliphatic carbocycles. The Bertz CT molecular complexity index is 647. The van der Waals surface area contributed by atoms with Crippen LogP contribution >= 0.6 is 0 Å². The van der Waals surface area contributed by atoms with E-state index in [1.54, 1.807) is 12.1 Å². The fourth-order valence-corrected chi connectivity index (χ4v) is 2.28. The summed E-state index contributed by atoms with van der Waals surface area (Å²) < 4.78 is 29.3. The number of aromatic nitrogens is 1. The lowest BCUT2D eigenvalue weighted by Crippen LogP contribution is -2.28. The molecule has 2 rings (SSSR count). The zero-order chi connectivity index (χ0) is 16.3. The maximum Gasteiger partial charge on any atom is 0.387 e. The Kier molecular flexibility index (Phi) is 5.13. The number of hydrogen-bond donors (Lipinski definition) is 0. The van der Waals surface area contributed by atoms with Crippen molar-refractivity contribution < 1.29 is 13.5 Å². The average Bonchev–Trinajstić information content (AvgIpc) is 2.43. The van der Waals surface area contributed by atoms with Crippen LogP contribution in [-0.2, 0) is 0 Å². The van der Waals surface area contributed by atoms with E-state index in [1.807, 2.05) is 34.1 Å². The molecule has 1 aromatic heterocycles. The van der Waals surface area contributed by atoms with Crippen molar-refractivity contribution in [1.82, 2.24) is 9.88 Å². The monoisotopic (exact) mass is 309 g/mol. The third kappa shape index (κ3) is 4.04. The lowest BCUT2D eigenvalue weighted by molar-refractivity contribution is -0.0497. The first-order valence-electron chi connectivity index (χ1n) is 7.09. The first-order chi connectivity index (χ1) is 10.4. The number of nitrogens with zero attached hydrogens (tertiary/aromatic N) is 3. The summed E-state index contributed by atoms with van der Waals surface area (Å²) in [6.45, 7) is 0.815. The van der Waals surface area contributed by atoms with Gasteiger partial charge in [0.05, 0.1) is 5.52 Å². The molecule has 1 heterocycles. The Hall–Kier alpha value is -1.95.